The molecular weight excluding hydrogens is 482 g/mol. The van der Waals surface area contributed by atoms with Gasteiger partial charge in [-0.2, -0.15) is 18.3 Å². The molecule has 184 valence electrons. The summed E-state index contributed by atoms with van der Waals surface area (Å²) in [5.74, 6) is -2.01. The zero-order valence-corrected chi connectivity index (χ0v) is 18.7. The number of fused-ring (bicyclic) bond motifs is 1. The molecule has 34 heavy (non-hydrogen) atoms. The van der Waals surface area contributed by atoms with Crippen molar-refractivity contribution in [2.45, 2.75) is 57.5 Å². The van der Waals surface area contributed by atoms with Crippen molar-refractivity contribution in [2.24, 2.45) is 5.92 Å². The molecule has 1 N–H and O–H groups in total. The van der Waals surface area contributed by atoms with Gasteiger partial charge in [0.15, 0.2) is 5.69 Å². The minimum atomic E-state index is -4.70. The zero-order valence-electron chi connectivity index (χ0n) is 17.9. The Bertz CT molecular complexity index is 1100. The Morgan fingerprint density at radius 1 is 1.21 bits per heavy atom. The van der Waals surface area contributed by atoms with Crippen LogP contribution in [0, 0.1) is 11.7 Å². The minimum Gasteiger partial charge on any atom is -0.481 e. The molecule has 0 spiro atoms. The van der Waals surface area contributed by atoms with E-state index in [0.29, 0.717) is 25.7 Å². The first-order valence-electron chi connectivity index (χ1n) is 10.8. The van der Waals surface area contributed by atoms with Gasteiger partial charge in [-0.25, -0.2) is 9.18 Å². The monoisotopic (exact) mass is 503 g/mol. The fraction of sp³-hybridized carbons (Fsp3) is 0.500. The average Bonchev–Trinajstić information content (AvgIpc) is 3.14. The van der Waals surface area contributed by atoms with Crippen LogP contribution >= 0.6 is 11.6 Å². The van der Waals surface area contributed by atoms with Crippen LogP contribution in [0.4, 0.5) is 22.4 Å². The topological polar surface area (TPSA) is 84.7 Å². The second-order valence-electron chi connectivity index (χ2n) is 8.53. The zero-order chi connectivity index (χ0) is 24.6. The fourth-order valence-electron chi connectivity index (χ4n) is 4.45. The molecule has 12 heteroatoms. The molecule has 0 atom stereocenters. The van der Waals surface area contributed by atoms with E-state index < -0.39 is 41.8 Å². The Morgan fingerprint density at radius 3 is 2.53 bits per heavy atom. The Labute approximate surface area is 197 Å². The molecule has 2 aromatic rings. The van der Waals surface area contributed by atoms with Gasteiger partial charge in [-0.1, -0.05) is 17.7 Å². The highest BCUT2D eigenvalue weighted by atomic mass is 35.5. The lowest BCUT2D eigenvalue weighted by Gasteiger charge is -2.31. The molecule has 0 saturated heterocycles. The van der Waals surface area contributed by atoms with Gasteiger partial charge in [0.2, 0.25) is 0 Å². The normalized spacial score (nSPS) is 20.7. The predicted octanol–water partition coefficient (Wildman–Crippen LogP) is 4.88. The Kier molecular flexibility index (Phi) is 6.75. The number of benzene rings is 1. The van der Waals surface area contributed by atoms with Gasteiger partial charge in [0.25, 0.3) is 0 Å². The van der Waals surface area contributed by atoms with E-state index >= 15 is 0 Å². The third-order valence-corrected chi connectivity index (χ3v) is 6.53. The number of carbonyl (C=O) groups is 2. The quantitative estimate of drug-likeness (QED) is 0.601. The standard InChI is InChI=1S/C22H22ClF4N3O4/c23-14-4-1-13(17(24)9-14)10-30-18-11-29(8-7-16(18)19(28-30)22(25,26)27)21(33)34-15-5-2-12(3-6-15)20(31)32/h1,4,9,12,15H,2-3,5-8,10-11H2,(H,31,32)/t12-,15-. The van der Waals surface area contributed by atoms with Gasteiger partial charge >= 0.3 is 18.2 Å². The van der Waals surface area contributed by atoms with Crippen LogP contribution in [0.25, 0.3) is 0 Å². The van der Waals surface area contributed by atoms with E-state index in [2.05, 4.69) is 5.10 Å². The number of nitrogens with zero attached hydrogens (tertiary/aromatic N) is 3. The summed E-state index contributed by atoms with van der Waals surface area (Å²) in [6.07, 6.45) is -4.28. The smallest absolute Gasteiger partial charge is 0.435 e. The van der Waals surface area contributed by atoms with E-state index in [0.717, 1.165) is 10.7 Å². The van der Waals surface area contributed by atoms with E-state index in [1.165, 1.54) is 17.0 Å². The van der Waals surface area contributed by atoms with E-state index in [1.54, 1.807) is 0 Å². The third kappa shape index (κ3) is 5.13. The van der Waals surface area contributed by atoms with Crippen LogP contribution in [0.1, 0.15) is 48.2 Å². The van der Waals surface area contributed by atoms with Gasteiger partial charge in [0, 0.05) is 22.7 Å². The Morgan fingerprint density at radius 2 is 1.91 bits per heavy atom. The lowest BCUT2D eigenvalue weighted by molar-refractivity contribution is -0.143. The first kappa shape index (κ1) is 24.3. The van der Waals surface area contributed by atoms with E-state index in [4.69, 9.17) is 21.4 Å². The number of amides is 1. The van der Waals surface area contributed by atoms with E-state index in [1.807, 2.05) is 0 Å². The van der Waals surface area contributed by atoms with Crippen LogP contribution in [0.5, 0.6) is 0 Å². The van der Waals surface area contributed by atoms with Crippen LogP contribution in [0.2, 0.25) is 5.02 Å². The van der Waals surface area contributed by atoms with Crippen molar-refractivity contribution < 1.29 is 37.0 Å². The molecule has 2 aliphatic rings. The summed E-state index contributed by atoms with van der Waals surface area (Å²) in [7, 11) is 0. The number of rotatable bonds is 4. The average molecular weight is 504 g/mol. The van der Waals surface area contributed by atoms with Gasteiger partial charge in [-0.3, -0.25) is 9.48 Å². The van der Waals surface area contributed by atoms with Crippen molar-refractivity contribution in [3.8, 4) is 0 Å². The van der Waals surface area contributed by atoms with Gasteiger partial charge in [0.1, 0.15) is 11.9 Å². The van der Waals surface area contributed by atoms with Crippen LogP contribution in [0.15, 0.2) is 18.2 Å². The number of aromatic nitrogens is 2. The van der Waals surface area contributed by atoms with Crippen molar-refractivity contribution in [2.75, 3.05) is 6.54 Å². The molecule has 7 nitrogen and oxygen atoms in total. The number of aliphatic carboxylic acids is 1. The number of carboxylic acid groups (broad SMARTS) is 1. The van der Waals surface area contributed by atoms with Crippen molar-refractivity contribution in [1.82, 2.24) is 14.7 Å². The second-order valence-corrected chi connectivity index (χ2v) is 8.97. The minimum absolute atomic E-state index is 0.0143. The molecule has 0 bridgehead atoms. The SMILES string of the molecule is O=C(O[C@H]1CC[C@H](C(=O)O)CC1)N1CCc2c(C(F)(F)F)nn(Cc3ccc(Cl)cc3F)c2C1. The van der Waals surface area contributed by atoms with Gasteiger partial charge in [0.05, 0.1) is 24.7 Å². The van der Waals surface area contributed by atoms with E-state index in [9.17, 15) is 27.2 Å². The van der Waals surface area contributed by atoms with Gasteiger partial charge in [-0.05, 0) is 44.2 Å². The predicted molar refractivity (Wildman–Crippen MR) is 112 cm³/mol. The Hall–Kier alpha value is -2.82. The van der Waals surface area contributed by atoms with E-state index in [-0.39, 0.29) is 47.9 Å². The molecule has 1 aliphatic carbocycles. The van der Waals surface area contributed by atoms with Crippen molar-refractivity contribution in [1.29, 1.82) is 0 Å². The highest BCUT2D eigenvalue weighted by molar-refractivity contribution is 6.30. The number of halogens is 5. The largest absolute Gasteiger partial charge is 0.481 e. The van der Waals surface area contributed by atoms with Crippen LogP contribution < -0.4 is 0 Å². The number of carbonyl (C=O) groups excluding carboxylic acids is 1. The van der Waals surface area contributed by atoms with Crippen LogP contribution in [-0.2, 0) is 35.2 Å². The molecule has 2 heterocycles. The van der Waals surface area contributed by atoms with Gasteiger partial charge in [-0.15, -0.1) is 0 Å². The highest BCUT2D eigenvalue weighted by Crippen LogP contribution is 2.36. The summed E-state index contributed by atoms with van der Waals surface area (Å²) < 4.78 is 61.7. The third-order valence-electron chi connectivity index (χ3n) is 6.29. The van der Waals surface area contributed by atoms with Crippen molar-refractivity contribution in [3.63, 3.8) is 0 Å². The number of hydrogen-bond acceptors (Lipinski definition) is 4. The number of alkyl halides is 3. The first-order valence-corrected chi connectivity index (χ1v) is 11.2. The van der Waals surface area contributed by atoms with Crippen LogP contribution in [-0.4, -0.2) is 44.5 Å². The summed E-state index contributed by atoms with van der Waals surface area (Å²) in [5, 5.41) is 13.0. The second kappa shape index (κ2) is 9.44. The first-order chi connectivity index (χ1) is 16.0. The molecule has 1 aromatic carbocycles. The molecular formula is C22H22ClF4N3O4. The molecule has 1 amide bonds. The Balaban J connectivity index is 1.52. The summed E-state index contributed by atoms with van der Waals surface area (Å²) >= 11 is 5.76. The number of ether oxygens (including phenoxy) is 1. The molecule has 0 radical (unpaired) electrons. The van der Waals surface area contributed by atoms with Crippen molar-refractivity contribution >= 4 is 23.7 Å². The summed E-state index contributed by atoms with van der Waals surface area (Å²) in [5.41, 5.74) is -0.789. The summed E-state index contributed by atoms with van der Waals surface area (Å²) in [6, 6.07) is 3.88. The maximum Gasteiger partial charge on any atom is 0.435 e. The lowest BCUT2D eigenvalue weighted by Crippen LogP contribution is -2.40. The molecule has 0 unspecified atom stereocenters. The number of hydrogen-bond donors (Lipinski definition) is 1. The molecule has 1 aliphatic heterocycles. The summed E-state index contributed by atoms with van der Waals surface area (Å²) in [4.78, 5) is 25.1. The highest BCUT2D eigenvalue weighted by Gasteiger charge is 2.41. The summed E-state index contributed by atoms with van der Waals surface area (Å²) in [6.45, 7) is -0.416. The molecule has 1 saturated carbocycles. The van der Waals surface area contributed by atoms with Gasteiger partial charge < -0.3 is 14.7 Å². The molecule has 1 aromatic heterocycles. The number of carboxylic acids is 1. The fourth-order valence-corrected chi connectivity index (χ4v) is 4.61. The lowest BCUT2D eigenvalue weighted by atomic mass is 9.87. The van der Waals surface area contributed by atoms with Crippen molar-refractivity contribution in [3.05, 3.63) is 51.6 Å². The molecule has 4 rings (SSSR count). The molecule has 1 fully saturated rings. The van der Waals surface area contributed by atoms with Crippen LogP contribution in [0.3, 0.4) is 0 Å². The maximum atomic E-state index is 14.3. The maximum absolute atomic E-state index is 14.3.